The number of nitrogens with one attached hydrogen (secondary N) is 3. The third-order valence-corrected chi connectivity index (χ3v) is 34.9. The van der Waals surface area contributed by atoms with E-state index in [0.717, 1.165) is 86.5 Å². The Labute approximate surface area is 791 Å². The molecule has 0 aromatic heterocycles. The molecule has 0 bridgehead atoms. The molecule has 3 amide bonds. The zero-order valence-electron chi connectivity index (χ0n) is 80.6. The van der Waals surface area contributed by atoms with Gasteiger partial charge in [0.05, 0.1) is 38.3 Å². The van der Waals surface area contributed by atoms with Crippen molar-refractivity contribution in [3.63, 3.8) is 0 Å². The first-order chi connectivity index (χ1) is 64.3. The third-order valence-electron chi connectivity index (χ3n) is 25.9. The largest absolute Gasteiger partial charge is 0.493 e. The van der Waals surface area contributed by atoms with Crippen LogP contribution in [0.4, 0.5) is 17.1 Å². The number of ether oxygens (including phenoxy) is 3. The number of unbranched alkanes of at least 4 members (excludes halogenated alkanes) is 45. The Morgan fingerprint density at radius 3 is 0.634 bits per heavy atom. The van der Waals surface area contributed by atoms with Crippen LogP contribution in [0.1, 0.15) is 351 Å². The zero-order valence-corrected chi connectivity index (χ0v) is 83.2. The summed E-state index contributed by atoms with van der Waals surface area (Å²) < 4.78 is 68.3. The molecular formula is C116H162N3O9P3. The Balaban J connectivity index is 1.06. The quantitative estimate of drug-likeness (QED) is 0.0248. The number of benzene rings is 9. The highest BCUT2D eigenvalue weighted by Gasteiger charge is 2.34. The van der Waals surface area contributed by atoms with Gasteiger partial charge in [-0.3, -0.25) is 14.4 Å². The van der Waals surface area contributed by atoms with Gasteiger partial charge in [0.25, 0.3) is 0 Å². The van der Waals surface area contributed by atoms with E-state index in [4.69, 9.17) is 14.2 Å². The second kappa shape index (κ2) is 63.6. The number of carbonyl (C=O) groups is 3. The number of hydrogen-bond acceptors (Lipinski definition) is 9. The molecule has 12 nitrogen and oxygen atoms in total. The minimum atomic E-state index is -3.59. The van der Waals surface area contributed by atoms with Crippen LogP contribution in [0.25, 0.3) is 0 Å². The van der Waals surface area contributed by atoms with E-state index in [-0.39, 0.29) is 31.3 Å². The van der Waals surface area contributed by atoms with E-state index in [2.05, 4.69) is 36.7 Å². The normalized spacial score (nSPS) is 11.7. The molecule has 0 atom stereocenters. The zero-order chi connectivity index (χ0) is 92.2. The summed E-state index contributed by atoms with van der Waals surface area (Å²) in [6, 6.07) is 71.2. The fourth-order valence-electron chi connectivity index (χ4n) is 18.3. The number of rotatable bonds is 73. The van der Waals surface area contributed by atoms with Gasteiger partial charge in [-0.1, -0.05) is 492 Å². The van der Waals surface area contributed by atoms with E-state index in [9.17, 15) is 9.59 Å². The van der Waals surface area contributed by atoms with Gasteiger partial charge in [-0.2, -0.15) is 0 Å². The summed E-state index contributed by atoms with van der Waals surface area (Å²) in [5.41, 5.74) is 4.42. The molecule has 131 heavy (non-hydrogen) atoms. The average molecular weight is 1840 g/mol. The van der Waals surface area contributed by atoms with Crippen molar-refractivity contribution in [3.05, 3.63) is 253 Å². The fourth-order valence-corrected chi connectivity index (χ4v) is 25.6. The molecule has 710 valence electrons. The Bertz CT molecular complexity index is 4410. The van der Waals surface area contributed by atoms with Crippen molar-refractivity contribution in [2.75, 3.05) is 54.3 Å². The molecule has 3 N–H and O–H groups in total. The highest BCUT2D eigenvalue weighted by atomic mass is 31.2. The summed E-state index contributed by atoms with van der Waals surface area (Å²) in [5, 5.41) is 13.3. The molecule has 0 aliphatic carbocycles. The van der Waals surface area contributed by atoms with E-state index in [1.165, 1.54) is 244 Å². The predicted octanol–water partition coefficient (Wildman–Crippen LogP) is 30.6. The van der Waals surface area contributed by atoms with E-state index in [0.29, 0.717) is 86.0 Å². The highest BCUT2D eigenvalue weighted by molar-refractivity contribution is 7.80. The standard InChI is InChI=1S/C116H162N3O9P3/c1-4-7-10-13-16-19-22-25-28-31-34-37-40-43-46-67-86-126-111-84-82-102(117-113(120)95-129(123,105-70-55-49-56-71-105)106-72-57-50-58-73-106)91-98(111)89-100-93-104(119-115(122)97-131(125,109-78-63-53-64-79-109)110-80-65-54-66-81-110)94-101(116(100)128-88-69-48-45-42-39-36-33-30-27-24-21-18-15-12-9-6-3)90-99-92-103(118-114(121)96-130(124,107-74-59-51-60-75-107)108-76-61-52-62-77-108)83-85-112(99)127-87-68-47-44-41-38-35-32-29-26-23-20-17-14-11-8-5-2/h49-66,70-85,91-94H,4-48,67-69,86-90,95-97H2,1-3H3,(H,117,120)(H,118,121)(H,119,122). The van der Waals surface area contributed by atoms with Crippen molar-refractivity contribution in [3.8, 4) is 17.2 Å². The van der Waals surface area contributed by atoms with Gasteiger partial charge in [-0.15, -0.1) is 0 Å². The van der Waals surface area contributed by atoms with Gasteiger partial charge in [0.1, 0.15) is 17.2 Å². The van der Waals surface area contributed by atoms with Crippen molar-refractivity contribution >= 4 is 88.0 Å². The van der Waals surface area contributed by atoms with E-state index >= 15 is 18.5 Å². The summed E-state index contributed by atoms with van der Waals surface area (Å²) in [7, 11) is -10.6. The number of anilines is 3. The molecular weight excluding hydrogens is 1670 g/mol. The van der Waals surface area contributed by atoms with Crippen molar-refractivity contribution in [1.29, 1.82) is 0 Å². The predicted molar refractivity (Wildman–Crippen MR) is 560 cm³/mol. The topological polar surface area (TPSA) is 166 Å². The van der Waals surface area contributed by atoms with Crippen molar-refractivity contribution < 1.29 is 42.3 Å². The van der Waals surface area contributed by atoms with E-state index < -0.39 is 39.1 Å². The molecule has 9 aromatic rings. The molecule has 0 saturated carbocycles. The Morgan fingerprint density at radius 1 is 0.221 bits per heavy atom. The van der Waals surface area contributed by atoms with Crippen molar-refractivity contribution in [2.45, 2.75) is 342 Å². The summed E-state index contributed by atoms with van der Waals surface area (Å²) >= 11 is 0. The maximum atomic E-state index is 15.9. The van der Waals surface area contributed by atoms with Crippen LogP contribution in [0.15, 0.2) is 231 Å². The van der Waals surface area contributed by atoms with Crippen molar-refractivity contribution in [1.82, 2.24) is 0 Å². The van der Waals surface area contributed by atoms with Crippen LogP contribution in [0.2, 0.25) is 0 Å². The van der Waals surface area contributed by atoms with Gasteiger partial charge in [0, 0.05) is 84.0 Å². The number of amides is 3. The Morgan fingerprint density at radius 2 is 0.412 bits per heavy atom. The SMILES string of the molecule is CCCCCCCCCCCCCCCCCCOc1ccc(NC(=O)CP(=O)(c2ccccc2)c2ccccc2)cc1Cc1cc(NC(=O)CP(=O)(c2ccccc2)c2ccccc2)cc(Cc2cc(NC(=O)CP(=O)(c3ccccc3)c3ccccc3)ccc2OCCCCCCCCCCCCCCCCCC)c1OCCCCCCCCCCCCCCCCCC. The monoisotopic (exact) mass is 1830 g/mol. The van der Waals surface area contributed by atoms with Gasteiger partial charge >= 0.3 is 0 Å². The van der Waals surface area contributed by atoms with Crippen LogP contribution < -0.4 is 62.0 Å². The lowest BCUT2D eigenvalue weighted by Gasteiger charge is -2.22. The summed E-state index contributed by atoms with van der Waals surface area (Å²) in [6.07, 6.45) is 59.5. The molecule has 0 spiro atoms. The summed E-state index contributed by atoms with van der Waals surface area (Å²) in [6.45, 7) is 8.17. The van der Waals surface area contributed by atoms with Gasteiger partial charge < -0.3 is 43.9 Å². The summed E-state index contributed by atoms with van der Waals surface area (Å²) in [5.74, 6) is 0.627. The molecule has 0 fully saturated rings. The molecule has 0 aliphatic heterocycles. The molecule has 0 radical (unpaired) electrons. The fraction of sp³-hybridized carbons (Fsp3) is 0.509. The lowest BCUT2D eigenvalue weighted by atomic mass is 9.95. The van der Waals surface area contributed by atoms with Gasteiger partial charge in [0.2, 0.25) is 17.7 Å². The lowest BCUT2D eigenvalue weighted by Crippen LogP contribution is -2.26. The first-order valence-electron chi connectivity index (χ1n) is 51.6. The van der Waals surface area contributed by atoms with Crippen LogP contribution in [-0.2, 0) is 40.9 Å². The van der Waals surface area contributed by atoms with Crippen LogP contribution in [0.5, 0.6) is 17.2 Å². The molecule has 0 unspecified atom stereocenters. The minimum absolute atomic E-state index is 0.212. The van der Waals surface area contributed by atoms with Gasteiger partial charge in [-0.05, 0) is 67.8 Å². The van der Waals surface area contributed by atoms with E-state index in [1.807, 2.05) is 231 Å². The average Bonchev–Trinajstić information content (AvgIpc) is 0.794. The number of carbonyl (C=O) groups excluding carboxylic acids is 3. The first kappa shape index (κ1) is 106. The summed E-state index contributed by atoms with van der Waals surface area (Å²) in [4.78, 5) is 45.1. The van der Waals surface area contributed by atoms with Crippen LogP contribution in [-0.4, -0.2) is 56.0 Å². The Kier molecular flexibility index (Phi) is 51.6. The van der Waals surface area contributed by atoms with Gasteiger partial charge in [-0.25, -0.2) is 0 Å². The minimum Gasteiger partial charge on any atom is -0.493 e. The van der Waals surface area contributed by atoms with Crippen LogP contribution in [0, 0.1) is 0 Å². The number of hydrogen-bond donors (Lipinski definition) is 3. The third kappa shape index (κ3) is 39.5. The maximum absolute atomic E-state index is 15.9. The highest BCUT2D eigenvalue weighted by Crippen LogP contribution is 2.47. The van der Waals surface area contributed by atoms with Gasteiger partial charge in [0.15, 0.2) is 21.4 Å². The molecule has 15 heteroatoms. The maximum Gasteiger partial charge on any atom is 0.232 e. The molecule has 0 saturated heterocycles. The first-order valence-corrected chi connectivity index (χ1v) is 57.3. The molecule has 0 heterocycles. The van der Waals surface area contributed by atoms with E-state index in [1.54, 1.807) is 0 Å². The molecule has 9 aromatic carbocycles. The lowest BCUT2D eigenvalue weighted by molar-refractivity contribution is -0.114. The van der Waals surface area contributed by atoms with Crippen LogP contribution in [0.3, 0.4) is 0 Å². The van der Waals surface area contributed by atoms with Crippen molar-refractivity contribution in [2.24, 2.45) is 0 Å². The molecule has 0 aliphatic rings. The Hall–Kier alpha value is -8.52. The molecule has 9 rings (SSSR count). The second-order valence-electron chi connectivity index (χ2n) is 36.9. The smallest absolute Gasteiger partial charge is 0.232 e. The second-order valence-corrected chi connectivity index (χ2v) is 45.4. The van der Waals surface area contributed by atoms with Crippen LogP contribution >= 0.6 is 21.4 Å².